The van der Waals surface area contributed by atoms with Crippen molar-refractivity contribution in [2.45, 2.75) is 25.7 Å². The Labute approximate surface area is 127 Å². The lowest BCUT2D eigenvalue weighted by Gasteiger charge is -2.14. The molecular weight excluding hydrogens is 306 g/mol. The number of ether oxygens (including phenoxy) is 1. The maximum Gasteiger partial charge on any atom is 0.533 e. The number of nitro benzene ring substituents is 1. The molecule has 0 aliphatic heterocycles. The van der Waals surface area contributed by atoms with E-state index in [1.54, 1.807) is 0 Å². The van der Waals surface area contributed by atoms with E-state index in [4.69, 9.17) is 9.57 Å². The van der Waals surface area contributed by atoms with Gasteiger partial charge >= 0.3 is 6.16 Å². The van der Waals surface area contributed by atoms with Crippen molar-refractivity contribution in [3.8, 4) is 0 Å². The molecule has 0 fully saturated rings. The summed E-state index contributed by atoms with van der Waals surface area (Å²) in [6.45, 7) is 6.85. The molecule has 2 rings (SSSR count). The number of nitro groups is 1. The van der Waals surface area contributed by atoms with E-state index in [1.807, 2.05) is 0 Å². The van der Waals surface area contributed by atoms with Crippen molar-refractivity contribution in [2.24, 2.45) is 0 Å². The molecule has 0 spiro atoms. The maximum absolute atomic E-state index is 11.6. The number of hydrogen-bond donors (Lipinski definition) is 0. The van der Waals surface area contributed by atoms with E-state index >= 15 is 0 Å². The van der Waals surface area contributed by atoms with Crippen molar-refractivity contribution < 1.29 is 19.3 Å². The Morgan fingerprint density at radius 2 is 2.14 bits per heavy atom. The van der Waals surface area contributed by atoms with E-state index in [0.717, 1.165) is 10.8 Å². The molecule has 0 saturated carbocycles. The first-order valence-electron chi connectivity index (χ1n) is 6.73. The summed E-state index contributed by atoms with van der Waals surface area (Å²) in [5.74, 6) is 0. The van der Waals surface area contributed by atoms with Gasteiger partial charge in [0.2, 0.25) is 0 Å². The summed E-state index contributed by atoms with van der Waals surface area (Å²) in [5.41, 5.74) is 0.743. The second kappa shape index (κ2) is 6.14. The molecule has 0 unspecified atom stereocenters. The molecule has 0 N–H and O–H groups in total. The molecule has 118 valence electrons. The van der Waals surface area contributed by atoms with Crippen LogP contribution < -0.4 is 4.84 Å². The molecule has 0 radical (unpaired) electrons. The summed E-state index contributed by atoms with van der Waals surface area (Å²) in [6.07, 6.45) is 0.449. The Morgan fingerprint density at radius 3 is 2.77 bits per heavy atom. The first-order valence-corrected chi connectivity index (χ1v) is 10.4. The number of aromatic nitrogens is 2. The molecule has 22 heavy (non-hydrogen) atoms. The lowest BCUT2D eigenvalue weighted by Crippen LogP contribution is -2.25. The highest BCUT2D eigenvalue weighted by Crippen LogP contribution is 2.19. The van der Waals surface area contributed by atoms with Gasteiger partial charge in [-0.3, -0.25) is 15.0 Å². The number of carbonyl (C=O) groups excluding carboxylic acids is 1. The number of hydrogen-bond acceptors (Lipinski definition) is 6. The Morgan fingerprint density at radius 1 is 1.41 bits per heavy atom. The topological polar surface area (TPSA) is 96.5 Å². The van der Waals surface area contributed by atoms with Gasteiger partial charge in [0.15, 0.2) is 0 Å². The third-order valence-electron chi connectivity index (χ3n) is 2.95. The predicted molar refractivity (Wildman–Crippen MR) is 82.5 cm³/mol. The maximum atomic E-state index is 11.6. The second-order valence-corrected chi connectivity index (χ2v) is 11.6. The molecule has 2 aromatic rings. The molecule has 0 aliphatic carbocycles. The standard InChI is InChI=1S/C13H17N3O5Si/c1-22(2,3)7-6-20-13(17)21-15-9-14-11-8-10(16(18)19)4-5-12(11)15/h4-5,8-9H,6-7H2,1-3H3. The molecule has 0 bridgehead atoms. The van der Waals surface area contributed by atoms with Crippen molar-refractivity contribution in [1.82, 2.24) is 9.71 Å². The first-order chi connectivity index (χ1) is 10.3. The van der Waals surface area contributed by atoms with Crippen LogP contribution in [0.3, 0.4) is 0 Å². The van der Waals surface area contributed by atoms with Crippen molar-refractivity contribution in [2.75, 3.05) is 6.61 Å². The highest BCUT2D eigenvalue weighted by molar-refractivity contribution is 6.76. The summed E-state index contributed by atoms with van der Waals surface area (Å²) in [5, 5.41) is 10.7. The van der Waals surface area contributed by atoms with Crippen LogP contribution >= 0.6 is 0 Å². The van der Waals surface area contributed by atoms with Crippen LogP contribution in [0.25, 0.3) is 11.0 Å². The Bertz CT molecular complexity index is 707. The minimum atomic E-state index is -1.28. The fourth-order valence-electron chi connectivity index (χ4n) is 1.71. The van der Waals surface area contributed by atoms with E-state index in [2.05, 4.69) is 24.6 Å². The highest BCUT2D eigenvalue weighted by Gasteiger charge is 2.16. The average Bonchev–Trinajstić information content (AvgIpc) is 2.79. The number of benzene rings is 1. The van der Waals surface area contributed by atoms with Crippen molar-refractivity contribution >= 4 is 31.0 Å². The van der Waals surface area contributed by atoms with Crippen LogP contribution in [0.15, 0.2) is 24.5 Å². The van der Waals surface area contributed by atoms with Crippen LogP contribution in [0.5, 0.6) is 0 Å². The van der Waals surface area contributed by atoms with Crippen LogP contribution in [0.1, 0.15) is 0 Å². The van der Waals surface area contributed by atoms with Gasteiger partial charge in [-0.15, -0.1) is 0 Å². The Kier molecular flexibility index (Phi) is 4.45. The number of imidazole rings is 1. The van der Waals surface area contributed by atoms with Crippen molar-refractivity contribution in [3.63, 3.8) is 0 Å². The SMILES string of the molecule is C[Si](C)(C)CCOC(=O)On1cnc2cc([N+](=O)[O-])ccc21. The number of non-ortho nitro benzene ring substituents is 1. The van der Waals surface area contributed by atoms with E-state index < -0.39 is 19.2 Å². The zero-order valence-corrected chi connectivity index (χ0v) is 13.6. The van der Waals surface area contributed by atoms with Gasteiger partial charge in [-0.2, -0.15) is 4.73 Å². The fourth-order valence-corrected chi connectivity index (χ4v) is 2.43. The average molecular weight is 323 g/mol. The third kappa shape index (κ3) is 4.04. The molecule has 0 atom stereocenters. The monoisotopic (exact) mass is 323 g/mol. The molecule has 9 heteroatoms. The molecule has 8 nitrogen and oxygen atoms in total. The van der Waals surface area contributed by atoms with E-state index in [-0.39, 0.29) is 5.69 Å². The zero-order valence-electron chi connectivity index (χ0n) is 12.6. The van der Waals surface area contributed by atoms with Crippen LogP contribution in [0.2, 0.25) is 25.7 Å². The predicted octanol–water partition coefficient (Wildman–Crippen LogP) is 2.85. The van der Waals surface area contributed by atoms with Crippen LogP contribution in [0.4, 0.5) is 10.5 Å². The van der Waals surface area contributed by atoms with Gasteiger partial charge in [-0.05, 0) is 12.1 Å². The van der Waals surface area contributed by atoms with Crippen LogP contribution in [-0.2, 0) is 4.74 Å². The van der Waals surface area contributed by atoms with Crippen LogP contribution in [0, 0.1) is 10.1 Å². The van der Waals surface area contributed by atoms with Crippen LogP contribution in [-0.4, -0.2) is 35.5 Å². The first kappa shape index (κ1) is 16.0. The normalized spacial score (nSPS) is 11.4. The van der Waals surface area contributed by atoms with Gasteiger partial charge in [0.25, 0.3) is 5.69 Å². The van der Waals surface area contributed by atoms with Gasteiger partial charge in [-0.25, -0.2) is 9.78 Å². The van der Waals surface area contributed by atoms with Gasteiger partial charge < -0.3 is 4.74 Å². The Hall–Kier alpha value is -2.42. The smallest absolute Gasteiger partial charge is 0.433 e. The molecule has 1 aromatic heterocycles. The Balaban J connectivity index is 2.02. The van der Waals surface area contributed by atoms with Gasteiger partial charge in [0.1, 0.15) is 11.8 Å². The largest absolute Gasteiger partial charge is 0.533 e. The van der Waals surface area contributed by atoms with Gasteiger partial charge in [0.05, 0.1) is 17.0 Å². The molecule has 0 aliphatic rings. The highest BCUT2D eigenvalue weighted by atomic mass is 28.3. The van der Waals surface area contributed by atoms with E-state index in [1.165, 1.54) is 24.5 Å². The quantitative estimate of drug-likeness (QED) is 0.363. The van der Waals surface area contributed by atoms with Gasteiger partial charge in [0, 0.05) is 20.2 Å². The van der Waals surface area contributed by atoms with Gasteiger partial charge in [-0.1, -0.05) is 19.6 Å². The summed E-state index contributed by atoms with van der Waals surface area (Å²) in [4.78, 5) is 30.8. The molecule has 0 amide bonds. The summed E-state index contributed by atoms with van der Waals surface area (Å²) in [7, 11) is -1.28. The van der Waals surface area contributed by atoms with E-state index in [9.17, 15) is 14.9 Å². The summed E-state index contributed by atoms with van der Waals surface area (Å²) in [6, 6.07) is 4.95. The molecule has 1 heterocycles. The minimum absolute atomic E-state index is 0.0736. The number of rotatable bonds is 5. The lowest BCUT2D eigenvalue weighted by atomic mass is 10.3. The van der Waals surface area contributed by atoms with E-state index in [0.29, 0.717) is 17.6 Å². The fraction of sp³-hybridized carbons (Fsp3) is 0.385. The summed E-state index contributed by atoms with van der Waals surface area (Å²) >= 11 is 0. The molecular formula is C13H17N3O5Si. The molecule has 1 aromatic carbocycles. The zero-order chi connectivity index (χ0) is 16.3. The number of carbonyl (C=O) groups is 1. The lowest BCUT2D eigenvalue weighted by molar-refractivity contribution is -0.384. The summed E-state index contributed by atoms with van der Waals surface area (Å²) < 4.78 is 6.15. The third-order valence-corrected chi connectivity index (χ3v) is 4.66. The second-order valence-electron chi connectivity index (χ2n) is 6.00. The number of fused-ring (bicyclic) bond motifs is 1. The van der Waals surface area contributed by atoms with Crippen molar-refractivity contribution in [1.29, 1.82) is 0 Å². The number of nitrogens with zero attached hydrogens (tertiary/aromatic N) is 3. The molecule has 0 saturated heterocycles. The minimum Gasteiger partial charge on any atom is -0.433 e. The van der Waals surface area contributed by atoms with Crippen molar-refractivity contribution in [3.05, 3.63) is 34.6 Å².